The van der Waals surface area contributed by atoms with Crippen LogP contribution in [0.2, 0.25) is 0 Å². The van der Waals surface area contributed by atoms with Crippen molar-refractivity contribution in [2.75, 3.05) is 13.1 Å². The van der Waals surface area contributed by atoms with Gasteiger partial charge >= 0.3 is 11.4 Å². The van der Waals surface area contributed by atoms with Gasteiger partial charge in [0.15, 0.2) is 0 Å². The minimum Gasteiger partial charge on any atom is -0.472 e. The molecule has 1 aliphatic rings. The van der Waals surface area contributed by atoms with Crippen LogP contribution in [0.5, 0.6) is 0 Å². The molecule has 0 aromatic carbocycles. The molecule has 1 fully saturated rings. The summed E-state index contributed by atoms with van der Waals surface area (Å²) in [7, 11) is 0. The number of hydrazone groups is 1. The number of imide groups is 1. The van der Waals surface area contributed by atoms with Crippen molar-refractivity contribution in [2.24, 2.45) is 5.10 Å². The van der Waals surface area contributed by atoms with Gasteiger partial charge in [0.1, 0.15) is 0 Å². The van der Waals surface area contributed by atoms with Gasteiger partial charge in [0, 0.05) is 5.56 Å². The molecule has 0 spiro atoms. The Labute approximate surface area is 96.1 Å². The third-order valence-corrected chi connectivity index (χ3v) is 2.29. The minimum atomic E-state index is -0.786. The number of furan rings is 1. The third-order valence-electron chi connectivity index (χ3n) is 2.09. The van der Waals surface area contributed by atoms with Crippen LogP contribution in [0.25, 0.3) is 0 Å². The van der Waals surface area contributed by atoms with Crippen molar-refractivity contribution >= 4 is 29.2 Å². The largest absolute Gasteiger partial charge is 0.472 e. The molecule has 3 amide bonds. The number of carbonyl (C=O) groups is 2. The van der Waals surface area contributed by atoms with E-state index in [1.54, 1.807) is 6.07 Å². The van der Waals surface area contributed by atoms with Gasteiger partial charge in [0.2, 0.25) is 0 Å². The normalized spacial score (nSPS) is 16.4. The first kappa shape index (κ1) is 10.7. The Balaban J connectivity index is 2.03. The fraction of sp³-hybridized carbons (Fsp3) is 0.222. The number of rotatable bonds is 2. The van der Waals surface area contributed by atoms with Crippen molar-refractivity contribution in [3.05, 3.63) is 24.2 Å². The summed E-state index contributed by atoms with van der Waals surface area (Å²) in [5.74, 6) is 0. The Hall–Kier alpha value is -1.82. The second-order valence-corrected chi connectivity index (χ2v) is 3.43. The van der Waals surface area contributed by atoms with Crippen LogP contribution >= 0.6 is 11.6 Å². The van der Waals surface area contributed by atoms with Crippen molar-refractivity contribution in [3.8, 4) is 0 Å². The first-order valence-electron chi connectivity index (χ1n) is 4.53. The predicted molar refractivity (Wildman–Crippen MR) is 56.4 cm³/mol. The Bertz CT molecular complexity index is 429. The molecule has 7 heteroatoms. The molecule has 2 heterocycles. The minimum absolute atomic E-state index is 0.254. The summed E-state index contributed by atoms with van der Waals surface area (Å²) in [5.41, 5.74) is 0.739. The number of hydrogen-bond donors (Lipinski definition) is 0. The van der Waals surface area contributed by atoms with Gasteiger partial charge in [-0.25, -0.2) is 14.7 Å². The van der Waals surface area contributed by atoms with Crippen LogP contribution in [0.1, 0.15) is 5.56 Å². The fourth-order valence-electron chi connectivity index (χ4n) is 1.28. The number of nitrogens with zero attached hydrogens (tertiary/aromatic N) is 3. The predicted octanol–water partition coefficient (Wildman–Crippen LogP) is 1.71. The van der Waals surface area contributed by atoms with E-state index in [0.717, 1.165) is 10.5 Å². The topological polar surface area (TPSA) is 66.1 Å². The van der Waals surface area contributed by atoms with Gasteiger partial charge in [0.25, 0.3) is 0 Å². The van der Waals surface area contributed by atoms with E-state index in [-0.39, 0.29) is 6.54 Å². The van der Waals surface area contributed by atoms with Crippen molar-refractivity contribution in [1.82, 2.24) is 9.91 Å². The van der Waals surface area contributed by atoms with Crippen LogP contribution in [0.4, 0.5) is 9.59 Å². The van der Waals surface area contributed by atoms with E-state index in [4.69, 9.17) is 16.0 Å². The summed E-state index contributed by atoms with van der Waals surface area (Å²) >= 11 is 5.22. The maximum absolute atomic E-state index is 11.5. The van der Waals surface area contributed by atoms with Crippen molar-refractivity contribution < 1.29 is 14.0 Å². The molecule has 0 unspecified atom stereocenters. The second kappa shape index (κ2) is 4.36. The lowest BCUT2D eigenvalue weighted by Crippen LogP contribution is -2.30. The highest BCUT2D eigenvalue weighted by atomic mass is 35.5. The Morgan fingerprint density at radius 3 is 2.94 bits per heavy atom. The molecule has 84 valence electrons. The Morgan fingerprint density at radius 2 is 2.38 bits per heavy atom. The molecule has 6 nitrogen and oxygen atoms in total. The molecule has 16 heavy (non-hydrogen) atoms. The molecular weight excluding hydrogens is 234 g/mol. The average Bonchev–Trinajstić information content (AvgIpc) is 2.84. The number of amides is 3. The molecule has 2 rings (SSSR count). The highest BCUT2D eigenvalue weighted by Crippen LogP contribution is 2.11. The van der Waals surface area contributed by atoms with Crippen LogP contribution in [-0.2, 0) is 0 Å². The average molecular weight is 242 g/mol. The maximum Gasteiger partial charge on any atom is 0.348 e. The SMILES string of the molecule is O=C(Cl)N1CCN(N=Cc2ccoc2)C1=O. The first-order valence-corrected chi connectivity index (χ1v) is 4.91. The quantitative estimate of drug-likeness (QED) is 0.450. The standard InChI is InChI=1S/C9H8ClN3O3/c10-8(14)12-2-3-13(9(12)15)11-5-7-1-4-16-6-7/h1,4-6H,2-3H2. The van der Waals surface area contributed by atoms with Crippen molar-refractivity contribution in [3.63, 3.8) is 0 Å². The maximum atomic E-state index is 11.5. The fourth-order valence-corrected chi connectivity index (χ4v) is 1.44. The van der Waals surface area contributed by atoms with Gasteiger partial charge < -0.3 is 4.42 Å². The summed E-state index contributed by atoms with van der Waals surface area (Å²) in [6, 6.07) is 1.19. The summed E-state index contributed by atoms with van der Waals surface area (Å²) in [5, 5.41) is 4.31. The van der Waals surface area contributed by atoms with Crippen LogP contribution in [0, 0.1) is 0 Å². The third kappa shape index (κ3) is 2.06. The van der Waals surface area contributed by atoms with Crippen LogP contribution in [-0.4, -0.2) is 40.6 Å². The zero-order valence-corrected chi connectivity index (χ0v) is 8.92. The van der Waals surface area contributed by atoms with E-state index < -0.39 is 11.4 Å². The lowest BCUT2D eigenvalue weighted by molar-refractivity contribution is 0.195. The number of urea groups is 1. The molecule has 1 saturated heterocycles. The first-order chi connectivity index (χ1) is 7.68. The van der Waals surface area contributed by atoms with Gasteiger partial charge in [-0.2, -0.15) is 5.10 Å². The monoisotopic (exact) mass is 241 g/mol. The zero-order valence-electron chi connectivity index (χ0n) is 8.17. The highest BCUT2D eigenvalue weighted by Gasteiger charge is 2.31. The molecular formula is C9H8ClN3O3. The molecule has 0 bridgehead atoms. The lowest BCUT2D eigenvalue weighted by atomic mass is 10.4. The molecule has 0 aliphatic carbocycles. The number of halogens is 1. The molecule has 1 aliphatic heterocycles. The van der Waals surface area contributed by atoms with Gasteiger partial charge in [0.05, 0.1) is 31.8 Å². The van der Waals surface area contributed by atoms with Crippen molar-refractivity contribution in [2.45, 2.75) is 0 Å². The lowest BCUT2D eigenvalue weighted by Gasteiger charge is -2.09. The van der Waals surface area contributed by atoms with E-state index in [9.17, 15) is 9.59 Å². The van der Waals surface area contributed by atoms with E-state index >= 15 is 0 Å². The van der Waals surface area contributed by atoms with E-state index in [0.29, 0.717) is 6.54 Å². The summed E-state index contributed by atoms with van der Waals surface area (Å²) in [4.78, 5) is 23.3. The molecule has 1 aromatic heterocycles. The van der Waals surface area contributed by atoms with Crippen LogP contribution in [0.3, 0.4) is 0 Å². The second-order valence-electron chi connectivity index (χ2n) is 3.11. The van der Waals surface area contributed by atoms with Crippen molar-refractivity contribution in [1.29, 1.82) is 0 Å². The zero-order chi connectivity index (χ0) is 11.5. The van der Waals surface area contributed by atoms with E-state index in [1.807, 2.05) is 0 Å². The number of hydrogen-bond acceptors (Lipinski definition) is 4. The molecule has 0 radical (unpaired) electrons. The van der Waals surface area contributed by atoms with E-state index in [2.05, 4.69) is 5.10 Å². The summed E-state index contributed by atoms with van der Waals surface area (Å²) in [6.07, 6.45) is 4.47. The van der Waals surface area contributed by atoms with Gasteiger partial charge in [-0.1, -0.05) is 0 Å². The van der Waals surface area contributed by atoms with E-state index in [1.165, 1.54) is 23.7 Å². The van der Waals surface area contributed by atoms with Gasteiger partial charge in [-0.05, 0) is 17.7 Å². The van der Waals surface area contributed by atoms with Crippen LogP contribution < -0.4 is 0 Å². The smallest absolute Gasteiger partial charge is 0.348 e. The molecule has 0 N–H and O–H groups in total. The molecule has 0 atom stereocenters. The van der Waals surface area contributed by atoms with Crippen LogP contribution in [0.15, 0.2) is 28.1 Å². The summed E-state index contributed by atoms with van der Waals surface area (Å²) < 4.78 is 4.84. The van der Waals surface area contributed by atoms with Gasteiger partial charge in [-0.15, -0.1) is 0 Å². The summed E-state index contributed by atoms with van der Waals surface area (Å²) in [6.45, 7) is 0.593. The number of carbonyl (C=O) groups excluding carboxylic acids is 2. The molecule has 1 aromatic rings. The highest BCUT2D eigenvalue weighted by molar-refractivity contribution is 6.64. The Kier molecular flexibility index (Phi) is 2.91. The molecule has 0 saturated carbocycles. The Morgan fingerprint density at radius 1 is 1.56 bits per heavy atom. The van der Waals surface area contributed by atoms with Gasteiger partial charge in [-0.3, -0.25) is 4.79 Å².